The fourth-order valence-electron chi connectivity index (χ4n) is 3.37. The standard InChI is InChI=1S/C17H19FN8/c1-17(2,3)14-8-24(21-20-14)25-10-19-16-12-6-4-5-7-13(12)23-11-22(18)9-15(23)26(16)25/h4-9H,10-11H2,1-3H3. The van der Waals surface area contributed by atoms with Gasteiger partial charge in [0.1, 0.15) is 6.67 Å². The van der Waals surface area contributed by atoms with Crippen molar-refractivity contribution in [2.75, 3.05) is 23.4 Å². The number of para-hydroxylation sites is 1. The molecule has 134 valence electrons. The highest BCUT2D eigenvalue weighted by molar-refractivity contribution is 6.08. The number of rotatable bonds is 1. The summed E-state index contributed by atoms with van der Waals surface area (Å²) in [4.78, 5) is 8.28. The third-order valence-corrected chi connectivity index (χ3v) is 4.73. The van der Waals surface area contributed by atoms with Gasteiger partial charge < -0.3 is 4.90 Å². The van der Waals surface area contributed by atoms with E-state index < -0.39 is 0 Å². The SMILES string of the molecule is CC(C)(C)c1cn(N2CN=C3c4ccccc4N4CN(F)C=C4N32)nn1. The molecule has 0 radical (unpaired) electrons. The lowest BCUT2D eigenvalue weighted by atomic mass is 9.93. The minimum atomic E-state index is -0.107. The lowest BCUT2D eigenvalue weighted by Crippen LogP contribution is -2.53. The Bertz CT molecular complexity index is 940. The zero-order valence-corrected chi connectivity index (χ0v) is 14.8. The molecule has 1 aromatic carbocycles. The molecule has 0 unspecified atom stereocenters. The molecule has 5 rings (SSSR count). The predicted molar refractivity (Wildman–Crippen MR) is 95.0 cm³/mol. The maximum Gasteiger partial charge on any atom is 0.162 e. The molecule has 4 heterocycles. The molecule has 0 saturated heterocycles. The number of nitrogens with zero attached hydrogens (tertiary/aromatic N) is 8. The number of hydrazine groups is 1. The van der Waals surface area contributed by atoms with Gasteiger partial charge in [-0.2, -0.15) is 15.2 Å². The van der Waals surface area contributed by atoms with E-state index in [1.165, 1.54) is 6.20 Å². The van der Waals surface area contributed by atoms with Crippen LogP contribution >= 0.6 is 0 Å². The average molecular weight is 354 g/mol. The summed E-state index contributed by atoms with van der Waals surface area (Å²) >= 11 is 0. The van der Waals surface area contributed by atoms with Gasteiger partial charge in [-0.05, 0) is 17.3 Å². The summed E-state index contributed by atoms with van der Waals surface area (Å²) in [6, 6.07) is 7.91. The highest BCUT2D eigenvalue weighted by Crippen LogP contribution is 2.38. The highest BCUT2D eigenvalue weighted by atomic mass is 19.2. The Morgan fingerprint density at radius 1 is 1.15 bits per heavy atom. The summed E-state index contributed by atoms with van der Waals surface area (Å²) in [5, 5.41) is 13.0. The second kappa shape index (κ2) is 4.96. The van der Waals surface area contributed by atoms with Gasteiger partial charge in [-0.3, -0.25) is 0 Å². The molecule has 0 aliphatic carbocycles. The van der Waals surface area contributed by atoms with Crippen LogP contribution < -0.4 is 10.0 Å². The number of fused-ring (bicyclic) bond motifs is 6. The highest BCUT2D eigenvalue weighted by Gasteiger charge is 2.43. The predicted octanol–water partition coefficient (Wildman–Crippen LogP) is 1.93. The van der Waals surface area contributed by atoms with Gasteiger partial charge in [0.15, 0.2) is 18.3 Å². The second-order valence-electron chi connectivity index (χ2n) is 7.55. The quantitative estimate of drug-likeness (QED) is 0.730. The molecule has 3 aliphatic rings. The first-order valence-corrected chi connectivity index (χ1v) is 8.50. The summed E-state index contributed by atoms with van der Waals surface area (Å²) in [7, 11) is 0. The van der Waals surface area contributed by atoms with E-state index in [0.29, 0.717) is 17.6 Å². The second-order valence-corrected chi connectivity index (χ2v) is 7.55. The minimum absolute atomic E-state index is 0.107. The molecule has 0 saturated carbocycles. The summed E-state index contributed by atoms with van der Waals surface area (Å²) in [5.41, 5.74) is 2.70. The number of hydrogen-bond donors (Lipinski definition) is 0. The van der Waals surface area contributed by atoms with Gasteiger partial charge in [-0.25, -0.2) is 4.99 Å². The van der Waals surface area contributed by atoms with Crippen LogP contribution in [-0.4, -0.2) is 44.4 Å². The number of aromatic nitrogens is 3. The third-order valence-electron chi connectivity index (χ3n) is 4.73. The van der Waals surface area contributed by atoms with E-state index in [-0.39, 0.29) is 12.1 Å². The van der Waals surface area contributed by atoms with E-state index in [1.807, 2.05) is 45.5 Å². The van der Waals surface area contributed by atoms with Crippen LogP contribution in [0.5, 0.6) is 0 Å². The van der Waals surface area contributed by atoms with Crippen molar-refractivity contribution in [2.45, 2.75) is 26.2 Å². The number of amidine groups is 1. The molecule has 2 aromatic rings. The zero-order chi connectivity index (χ0) is 18.1. The number of anilines is 1. The topological polar surface area (TPSA) is 56.0 Å². The fourth-order valence-corrected chi connectivity index (χ4v) is 3.37. The van der Waals surface area contributed by atoms with Crippen LogP contribution in [0, 0.1) is 0 Å². The molecule has 0 N–H and O–H groups in total. The molecule has 0 bridgehead atoms. The summed E-state index contributed by atoms with van der Waals surface area (Å²) in [6.07, 6.45) is 3.37. The van der Waals surface area contributed by atoms with E-state index >= 15 is 0 Å². The lowest BCUT2D eigenvalue weighted by molar-refractivity contribution is 0.104. The van der Waals surface area contributed by atoms with E-state index in [9.17, 15) is 4.48 Å². The smallest absolute Gasteiger partial charge is 0.162 e. The van der Waals surface area contributed by atoms with Crippen molar-refractivity contribution in [1.82, 2.24) is 25.2 Å². The van der Waals surface area contributed by atoms with Crippen LogP contribution in [0.4, 0.5) is 10.2 Å². The maximum absolute atomic E-state index is 14.1. The number of hydrogen-bond acceptors (Lipinski definition) is 7. The Balaban J connectivity index is 1.60. The van der Waals surface area contributed by atoms with Gasteiger partial charge >= 0.3 is 0 Å². The Labute approximate surface area is 150 Å². The molecule has 3 aliphatic heterocycles. The van der Waals surface area contributed by atoms with Gasteiger partial charge in [0, 0.05) is 11.0 Å². The Kier molecular flexibility index (Phi) is 2.90. The molecule has 0 fully saturated rings. The van der Waals surface area contributed by atoms with E-state index in [1.54, 1.807) is 4.79 Å². The van der Waals surface area contributed by atoms with Crippen LogP contribution in [0.25, 0.3) is 0 Å². The zero-order valence-electron chi connectivity index (χ0n) is 14.8. The van der Waals surface area contributed by atoms with Crippen molar-refractivity contribution < 1.29 is 4.48 Å². The number of aliphatic imine (C=N–C) groups is 1. The van der Waals surface area contributed by atoms with E-state index in [2.05, 4.69) is 36.1 Å². The molecule has 0 atom stereocenters. The van der Waals surface area contributed by atoms with Gasteiger partial charge in [-0.1, -0.05) is 37.4 Å². The Morgan fingerprint density at radius 3 is 2.73 bits per heavy atom. The van der Waals surface area contributed by atoms with E-state index in [4.69, 9.17) is 0 Å². The first-order chi connectivity index (χ1) is 12.4. The van der Waals surface area contributed by atoms with Gasteiger partial charge in [0.05, 0.1) is 23.8 Å². The lowest BCUT2D eigenvalue weighted by Gasteiger charge is -2.39. The van der Waals surface area contributed by atoms with Crippen molar-refractivity contribution >= 4 is 11.5 Å². The Hall–Kier alpha value is -3.10. The first-order valence-electron chi connectivity index (χ1n) is 8.50. The van der Waals surface area contributed by atoms with Crippen LogP contribution in [0.3, 0.4) is 0 Å². The monoisotopic (exact) mass is 354 g/mol. The van der Waals surface area contributed by atoms with Crippen molar-refractivity contribution in [3.05, 3.63) is 53.7 Å². The van der Waals surface area contributed by atoms with Crippen LogP contribution in [-0.2, 0) is 5.41 Å². The molecule has 26 heavy (non-hydrogen) atoms. The fraction of sp³-hybridized carbons (Fsp3) is 0.353. The van der Waals surface area contributed by atoms with Gasteiger partial charge in [0.2, 0.25) is 0 Å². The van der Waals surface area contributed by atoms with Gasteiger partial charge in [0.25, 0.3) is 0 Å². The minimum Gasteiger partial charge on any atom is -0.303 e. The average Bonchev–Trinajstić information content (AvgIpc) is 3.30. The molecule has 0 amide bonds. The largest absolute Gasteiger partial charge is 0.303 e. The Morgan fingerprint density at radius 2 is 1.96 bits per heavy atom. The van der Waals surface area contributed by atoms with Crippen LogP contribution in [0.2, 0.25) is 0 Å². The van der Waals surface area contributed by atoms with Crippen molar-refractivity contribution in [2.24, 2.45) is 4.99 Å². The molecule has 0 spiro atoms. The molecular formula is C17H19FN8. The first kappa shape index (κ1) is 15.2. The summed E-state index contributed by atoms with van der Waals surface area (Å²) < 4.78 is 14.1. The molecular weight excluding hydrogens is 335 g/mol. The number of halogens is 1. The van der Waals surface area contributed by atoms with Crippen molar-refractivity contribution in [3.63, 3.8) is 0 Å². The molecule has 1 aromatic heterocycles. The van der Waals surface area contributed by atoms with E-state index in [0.717, 1.165) is 22.8 Å². The summed E-state index contributed by atoms with van der Waals surface area (Å²) in [5.74, 6) is 1.49. The van der Waals surface area contributed by atoms with Crippen molar-refractivity contribution in [1.29, 1.82) is 0 Å². The third kappa shape index (κ3) is 2.03. The van der Waals surface area contributed by atoms with Gasteiger partial charge in [-0.15, -0.1) is 9.89 Å². The van der Waals surface area contributed by atoms with Crippen LogP contribution in [0.1, 0.15) is 32.0 Å². The maximum atomic E-state index is 14.1. The number of benzene rings is 1. The summed E-state index contributed by atoms with van der Waals surface area (Å²) in [6.45, 7) is 6.80. The van der Waals surface area contributed by atoms with Crippen LogP contribution in [0.15, 0.2) is 47.5 Å². The molecule has 8 nitrogen and oxygen atoms in total. The normalized spacial score (nSPS) is 18.6. The molecule has 9 heteroatoms. The van der Waals surface area contributed by atoms with Crippen molar-refractivity contribution in [3.8, 4) is 0 Å².